The molecule has 0 saturated carbocycles. The summed E-state index contributed by atoms with van der Waals surface area (Å²) >= 11 is 0. The lowest BCUT2D eigenvalue weighted by Crippen LogP contribution is -2.18. The largest absolute Gasteiger partial charge is 0.466 e. The normalized spacial score (nSPS) is 11.4. The summed E-state index contributed by atoms with van der Waals surface area (Å²) < 4.78 is 59.0. The Morgan fingerprint density at radius 3 is 2.36 bits per heavy atom. The Morgan fingerprint density at radius 2 is 1.71 bits per heavy atom. The van der Waals surface area contributed by atoms with Crippen LogP contribution in [0.4, 0.5) is 23.2 Å². The summed E-state index contributed by atoms with van der Waals surface area (Å²) in [6.07, 6.45) is -0.607. The Morgan fingerprint density at radius 1 is 1.04 bits per heavy atom. The summed E-state index contributed by atoms with van der Waals surface area (Å²) in [5.74, 6) is -5.50. The van der Waals surface area contributed by atoms with Crippen molar-refractivity contribution in [1.82, 2.24) is 0 Å². The summed E-state index contributed by atoms with van der Waals surface area (Å²) in [5.41, 5.74) is 5.02. The lowest BCUT2D eigenvalue weighted by molar-refractivity contribution is -0.140. The molecule has 0 spiro atoms. The molecule has 0 aliphatic carbocycles. The van der Waals surface area contributed by atoms with Crippen molar-refractivity contribution in [2.24, 2.45) is 10.7 Å². The fourth-order valence-electron chi connectivity index (χ4n) is 2.40. The molecule has 28 heavy (non-hydrogen) atoms. The molecule has 148 valence electrons. The highest BCUT2D eigenvalue weighted by Gasteiger charge is 2.16. The van der Waals surface area contributed by atoms with Gasteiger partial charge in [0.05, 0.1) is 18.6 Å². The standard InChI is InChI=1S/C19H16F4N2O3/c1-10(26)28-5-4-11-6-13(21)8-16(23)19(11)25-18(24)9-17(27)14-3-2-12(20)7-15(14)22/h2-3,6-8H,4-5,9H2,1H3,(H2,24,25). The molecular weight excluding hydrogens is 380 g/mol. The van der Waals surface area contributed by atoms with Gasteiger partial charge in [0.25, 0.3) is 0 Å². The molecule has 0 unspecified atom stereocenters. The Kier molecular flexibility index (Phi) is 6.86. The zero-order chi connectivity index (χ0) is 20.8. The molecule has 9 heteroatoms. The van der Waals surface area contributed by atoms with E-state index in [-0.39, 0.29) is 30.1 Å². The lowest BCUT2D eigenvalue weighted by atomic mass is 10.1. The predicted molar refractivity (Wildman–Crippen MR) is 93.3 cm³/mol. The van der Waals surface area contributed by atoms with Gasteiger partial charge in [-0.2, -0.15) is 0 Å². The van der Waals surface area contributed by atoms with Gasteiger partial charge in [0, 0.05) is 25.5 Å². The first-order valence-electron chi connectivity index (χ1n) is 8.10. The van der Waals surface area contributed by atoms with Gasteiger partial charge in [-0.3, -0.25) is 9.59 Å². The maximum absolute atomic E-state index is 14.1. The summed E-state index contributed by atoms with van der Waals surface area (Å²) in [6.45, 7) is 1.05. The van der Waals surface area contributed by atoms with Gasteiger partial charge in [0.2, 0.25) is 0 Å². The topological polar surface area (TPSA) is 81.8 Å². The van der Waals surface area contributed by atoms with E-state index in [1.165, 1.54) is 6.92 Å². The average molecular weight is 396 g/mol. The molecule has 0 aromatic heterocycles. The highest BCUT2D eigenvalue weighted by Crippen LogP contribution is 2.26. The highest BCUT2D eigenvalue weighted by molar-refractivity contribution is 6.09. The third-order valence-electron chi connectivity index (χ3n) is 3.61. The molecule has 0 fully saturated rings. The predicted octanol–water partition coefficient (Wildman–Crippen LogP) is 3.61. The number of esters is 1. The molecule has 0 radical (unpaired) electrons. The Labute approximate surface area is 157 Å². The number of carbonyl (C=O) groups excluding carboxylic acids is 2. The molecule has 0 aliphatic heterocycles. The number of Topliss-reactive ketones (excluding diaryl/α,β-unsaturated/α-hetero) is 1. The number of nitrogens with two attached hydrogens (primary N) is 1. The molecule has 2 aromatic carbocycles. The molecule has 2 aromatic rings. The number of ether oxygens (including phenoxy) is 1. The number of rotatable bonds is 7. The van der Waals surface area contributed by atoms with Gasteiger partial charge in [-0.05, 0) is 23.8 Å². The van der Waals surface area contributed by atoms with Crippen LogP contribution in [0.25, 0.3) is 0 Å². The van der Waals surface area contributed by atoms with Crippen molar-refractivity contribution in [3.8, 4) is 0 Å². The van der Waals surface area contributed by atoms with Crippen molar-refractivity contribution in [3.05, 3.63) is 64.7 Å². The van der Waals surface area contributed by atoms with Crippen LogP contribution in [0.15, 0.2) is 35.3 Å². The second kappa shape index (κ2) is 9.12. The van der Waals surface area contributed by atoms with Gasteiger partial charge in [-0.15, -0.1) is 0 Å². The number of amidine groups is 1. The quantitative estimate of drug-likeness (QED) is 0.255. The monoisotopic (exact) mass is 396 g/mol. The maximum Gasteiger partial charge on any atom is 0.302 e. The number of benzene rings is 2. The highest BCUT2D eigenvalue weighted by atomic mass is 19.1. The van der Waals surface area contributed by atoms with Gasteiger partial charge in [0.1, 0.15) is 29.0 Å². The van der Waals surface area contributed by atoms with Crippen LogP contribution in [0.1, 0.15) is 29.3 Å². The minimum Gasteiger partial charge on any atom is -0.466 e. The Balaban J connectivity index is 2.24. The summed E-state index contributed by atoms with van der Waals surface area (Å²) in [5, 5.41) is 0. The molecule has 0 aliphatic rings. The van der Waals surface area contributed by atoms with Gasteiger partial charge >= 0.3 is 5.97 Å². The van der Waals surface area contributed by atoms with Crippen molar-refractivity contribution < 1.29 is 31.9 Å². The maximum atomic E-state index is 14.1. The van der Waals surface area contributed by atoms with E-state index in [0.29, 0.717) is 12.1 Å². The van der Waals surface area contributed by atoms with Crippen LogP contribution in [-0.2, 0) is 16.0 Å². The third-order valence-corrected chi connectivity index (χ3v) is 3.61. The van der Waals surface area contributed by atoms with Crippen molar-refractivity contribution in [3.63, 3.8) is 0 Å². The minimum absolute atomic E-state index is 0.0408. The molecule has 0 heterocycles. The fourth-order valence-corrected chi connectivity index (χ4v) is 2.40. The van der Waals surface area contributed by atoms with Crippen LogP contribution >= 0.6 is 0 Å². The second-order valence-electron chi connectivity index (χ2n) is 5.81. The molecule has 5 nitrogen and oxygen atoms in total. The summed E-state index contributed by atoms with van der Waals surface area (Å²) in [6, 6.07) is 4.01. The summed E-state index contributed by atoms with van der Waals surface area (Å²) in [4.78, 5) is 26.7. The fraction of sp³-hybridized carbons (Fsp3) is 0.211. The number of hydrogen-bond donors (Lipinski definition) is 1. The van der Waals surface area contributed by atoms with Crippen molar-refractivity contribution in [2.45, 2.75) is 19.8 Å². The third kappa shape index (κ3) is 5.63. The van der Waals surface area contributed by atoms with Crippen LogP contribution in [0.2, 0.25) is 0 Å². The first kappa shape index (κ1) is 21.1. The summed E-state index contributed by atoms with van der Waals surface area (Å²) in [7, 11) is 0. The Hall–Kier alpha value is -3.23. The van der Waals surface area contributed by atoms with Crippen LogP contribution < -0.4 is 5.73 Å². The van der Waals surface area contributed by atoms with Crippen molar-refractivity contribution >= 4 is 23.3 Å². The number of nitrogens with zero attached hydrogens (tertiary/aromatic N) is 1. The number of halogens is 4. The van der Waals surface area contributed by atoms with Gasteiger partial charge in [0.15, 0.2) is 11.6 Å². The van der Waals surface area contributed by atoms with E-state index in [2.05, 4.69) is 4.99 Å². The zero-order valence-corrected chi connectivity index (χ0v) is 14.8. The van der Waals surface area contributed by atoms with E-state index < -0.39 is 47.0 Å². The van der Waals surface area contributed by atoms with Crippen molar-refractivity contribution in [2.75, 3.05) is 6.61 Å². The van der Waals surface area contributed by atoms with E-state index in [9.17, 15) is 27.2 Å². The van der Waals surface area contributed by atoms with E-state index in [0.717, 1.165) is 18.2 Å². The van der Waals surface area contributed by atoms with E-state index >= 15 is 0 Å². The van der Waals surface area contributed by atoms with E-state index in [1.54, 1.807) is 0 Å². The number of ketones is 1. The van der Waals surface area contributed by atoms with E-state index in [1.807, 2.05) is 0 Å². The molecule has 2 N–H and O–H groups in total. The number of carbonyl (C=O) groups is 2. The van der Waals surface area contributed by atoms with Crippen LogP contribution in [0.3, 0.4) is 0 Å². The molecule has 0 amide bonds. The molecule has 0 bridgehead atoms. The van der Waals surface area contributed by atoms with Crippen LogP contribution in [-0.4, -0.2) is 24.2 Å². The second-order valence-corrected chi connectivity index (χ2v) is 5.81. The number of hydrogen-bond acceptors (Lipinski definition) is 4. The first-order valence-corrected chi connectivity index (χ1v) is 8.10. The molecule has 0 atom stereocenters. The van der Waals surface area contributed by atoms with E-state index in [4.69, 9.17) is 10.5 Å². The zero-order valence-electron chi connectivity index (χ0n) is 14.8. The SMILES string of the molecule is CC(=O)OCCc1cc(F)cc(F)c1N=C(N)CC(=O)c1ccc(F)cc1F. The molecule has 0 saturated heterocycles. The van der Waals surface area contributed by atoms with Crippen LogP contribution in [0, 0.1) is 23.3 Å². The minimum atomic E-state index is -1.06. The average Bonchev–Trinajstić information content (AvgIpc) is 2.57. The molecular formula is C19H16F4N2O3. The number of aliphatic imine (C=N–C) groups is 1. The van der Waals surface area contributed by atoms with Crippen LogP contribution in [0.5, 0.6) is 0 Å². The Bertz CT molecular complexity index is 945. The van der Waals surface area contributed by atoms with Gasteiger partial charge in [-0.25, -0.2) is 22.6 Å². The van der Waals surface area contributed by atoms with Gasteiger partial charge < -0.3 is 10.5 Å². The van der Waals surface area contributed by atoms with Crippen molar-refractivity contribution in [1.29, 1.82) is 0 Å². The first-order chi connectivity index (χ1) is 13.2. The molecule has 2 rings (SSSR count). The lowest BCUT2D eigenvalue weighted by Gasteiger charge is -2.09. The van der Waals surface area contributed by atoms with Gasteiger partial charge in [-0.1, -0.05) is 0 Å². The smallest absolute Gasteiger partial charge is 0.302 e.